The Balaban J connectivity index is 0.000000599. The fraction of sp³-hybridized carbons (Fsp3) is 0.385. The predicted molar refractivity (Wildman–Crippen MR) is 171 cm³/mol. The van der Waals surface area contributed by atoms with Gasteiger partial charge in [-0.15, -0.1) is 50.5 Å². The number of hydrogen-bond donors (Lipinski definition) is 6. The van der Waals surface area contributed by atoms with Gasteiger partial charge in [-0.2, -0.15) is 0 Å². The largest absolute Gasteiger partial charge is 0.492 e. The zero-order valence-corrected chi connectivity index (χ0v) is 26.3. The van der Waals surface area contributed by atoms with Gasteiger partial charge in [0, 0.05) is 27.7 Å². The number of anilines is 2. The molecule has 0 spiro atoms. The number of rotatable bonds is 8. The van der Waals surface area contributed by atoms with E-state index in [1.807, 2.05) is 43.8 Å². The number of nitrogens with one attached hydrogen (secondary N) is 2. The first kappa shape index (κ1) is 30.7. The minimum atomic E-state index is -0.0463. The van der Waals surface area contributed by atoms with Gasteiger partial charge < -0.3 is 10.1 Å². The maximum absolute atomic E-state index is 10.0. The number of carbonyl (C=O) groups excluding carboxylic acids is 1. The summed E-state index contributed by atoms with van der Waals surface area (Å²) in [6.45, 7) is 8.63. The van der Waals surface area contributed by atoms with E-state index in [2.05, 4.69) is 46.9 Å². The van der Waals surface area contributed by atoms with E-state index >= 15 is 0 Å². The third-order valence-electron chi connectivity index (χ3n) is 5.89. The van der Waals surface area contributed by atoms with Gasteiger partial charge in [-0.25, -0.2) is 9.97 Å². The summed E-state index contributed by atoms with van der Waals surface area (Å²) in [6.07, 6.45) is 3.77. The van der Waals surface area contributed by atoms with Crippen molar-refractivity contribution in [2.24, 2.45) is 18.9 Å². The molecule has 0 aliphatic heterocycles. The Morgan fingerprint density at radius 1 is 1.13 bits per heavy atom. The number of thiol groups is 4. The third kappa shape index (κ3) is 6.82. The van der Waals surface area contributed by atoms with Gasteiger partial charge in [0.05, 0.1) is 34.1 Å². The SMILES string of the molecule is CC(C)C(=O)S.CCCC(C)COc1cccc2ncnc(Nc3c(S)c(S)c4c(c3S)c(=S)[nH]n4C)c12. The highest BCUT2D eigenvalue weighted by molar-refractivity contribution is 7.96. The molecule has 2 heterocycles. The number of hydrogen-bond acceptors (Lipinski definition) is 9. The number of aromatic nitrogens is 4. The Labute approximate surface area is 250 Å². The van der Waals surface area contributed by atoms with Gasteiger partial charge in [-0.05, 0) is 24.5 Å². The fourth-order valence-electron chi connectivity index (χ4n) is 3.84. The van der Waals surface area contributed by atoms with Crippen LogP contribution in [0.1, 0.15) is 40.5 Å². The lowest BCUT2D eigenvalue weighted by molar-refractivity contribution is -0.113. The number of nitrogens with zero attached hydrogens (tertiary/aromatic N) is 3. The molecular weight excluding hydrogens is 575 g/mol. The van der Waals surface area contributed by atoms with Crippen molar-refractivity contribution in [3.8, 4) is 5.75 Å². The van der Waals surface area contributed by atoms with Crippen molar-refractivity contribution in [2.75, 3.05) is 11.9 Å². The summed E-state index contributed by atoms with van der Waals surface area (Å²) in [4.78, 5) is 21.0. The molecule has 12 heteroatoms. The average molecular weight is 608 g/mol. The van der Waals surface area contributed by atoms with E-state index in [0.29, 0.717) is 43.4 Å². The monoisotopic (exact) mass is 607 g/mol. The molecule has 0 radical (unpaired) electrons. The molecule has 0 fully saturated rings. The molecule has 1 unspecified atom stereocenters. The molecule has 0 saturated carbocycles. The maximum atomic E-state index is 10.0. The normalized spacial score (nSPS) is 11.9. The summed E-state index contributed by atoms with van der Waals surface area (Å²) in [7, 11) is 1.88. The standard InChI is InChI=1S/C22H25N5OS4.C4H8OS/c1-4-6-11(2)9-28-13-8-5-7-12-14(13)21(24-10-23-12)25-16-18(29)15-17(20(31)19(16)30)27(3)26-22(15)32;1-3(2)4(5)6/h5,7-8,10-11,29-31H,4,6,9H2,1-3H3,(H,26,32)(H,23,24,25);3H,1-2H3,(H,5,6). The van der Waals surface area contributed by atoms with Gasteiger partial charge in [-0.1, -0.05) is 52.4 Å². The summed E-state index contributed by atoms with van der Waals surface area (Å²) in [5, 5.41) is 8.08. The van der Waals surface area contributed by atoms with Crippen molar-refractivity contribution >= 4 is 101 Å². The molecule has 38 heavy (non-hydrogen) atoms. The quantitative estimate of drug-likeness (QED) is 0.0910. The summed E-state index contributed by atoms with van der Waals surface area (Å²) in [5.41, 5.74) is 2.31. The highest BCUT2D eigenvalue weighted by atomic mass is 32.1. The second-order valence-corrected chi connectivity index (χ2v) is 11.5. The number of benzene rings is 2. The number of aromatic amines is 1. The maximum Gasteiger partial charge on any atom is 0.188 e. The van der Waals surface area contributed by atoms with Crippen LogP contribution >= 0.6 is 62.7 Å². The first-order valence-corrected chi connectivity index (χ1v) is 14.4. The predicted octanol–water partition coefficient (Wildman–Crippen LogP) is 7.70. The number of aryl methyl sites for hydroxylation is 1. The molecule has 2 N–H and O–H groups in total. The van der Waals surface area contributed by atoms with Gasteiger partial charge in [0.25, 0.3) is 0 Å². The second kappa shape index (κ2) is 13.5. The van der Waals surface area contributed by atoms with Crippen molar-refractivity contribution in [3.05, 3.63) is 29.2 Å². The van der Waals surface area contributed by atoms with Crippen molar-refractivity contribution < 1.29 is 9.53 Å². The van der Waals surface area contributed by atoms with E-state index in [0.717, 1.165) is 40.4 Å². The number of H-pyrrole nitrogens is 1. The molecule has 4 rings (SSSR count). The van der Waals surface area contributed by atoms with Crippen LogP contribution in [0.15, 0.2) is 39.2 Å². The van der Waals surface area contributed by atoms with E-state index in [1.165, 1.54) is 6.33 Å². The number of fused-ring (bicyclic) bond motifs is 2. The Morgan fingerprint density at radius 3 is 2.45 bits per heavy atom. The molecule has 0 aliphatic rings. The van der Waals surface area contributed by atoms with Crippen molar-refractivity contribution in [1.82, 2.24) is 19.7 Å². The van der Waals surface area contributed by atoms with Crippen LogP contribution in [0.2, 0.25) is 0 Å². The lowest BCUT2D eigenvalue weighted by Crippen LogP contribution is -2.09. The van der Waals surface area contributed by atoms with E-state index < -0.39 is 0 Å². The third-order valence-corrected chi connectivity index (χ3v) is 8.21. The zero-order chi connectivity index (χ0) is 28.1. The molecule has 7 nitrogen and oxygen atoms in total. The Morgan fingerprint density at radius 2 is 1.82 bits per heavy atom. The Bertz CT molecular complexity index is 1510. The van der Waals surface area contributed by atoms with E-state index in [1.54, 1.807) is 0 Å². The first-order chi connectivity index (χ1) is 18.0. The van der Waals surface area contributed by atoms with Gasteiger partial charge in [0.15, 0.2) is 5.12 Å². The van der Waals surface area contributed by atoms with Crippen LogP contribution in [0.5, 0.6) is 5.75 Å². The zero-order valence-electron chi connectivity index (χ0n) is 21.9. The smallest absolute Gasteiger partial charge is 0.188 e. The lowest BCUT2D eigenvalue weighted by atomic mass is 10.1. The van der Waals surface area contributed by atoms with Gasteiger partial charge >= 0.3 is 0 Å². The Kier molecular flexibility index (Phi) is 10.9. The van der Waals surface area contributed by atoms with Crippen molar-refractivity contribution in [3.63, 3.8) is 0 Å². The van der Waals surface area contributed by atoms with Crippen LogP contribution in [0.4, 0.5) is 11.5 Å². The minimum absolute atomic E-state index is 0.0463. The van der Waals surface area contributed by atoms with Crippen molar-refractivity contribution in [2.45, 2.75) is 55.2 Å². The lowest BCUT2D eigenvalue weighted by Gasteiger charge is -2.18. The molecule has 1 atom stereocenters. The highest BCUT2D eigenvalue weighted by Gasteiger charge is 2.20. The van der Waals surface area contributed by atoms with E-state index in [4.69, 9.17) is 54.8 Å². The summed E-state index contributed by atoms with van der Waals surface area (Å²) in [5.74, 6) is 1.88. The number of ether oxygens (including phenoxy) is 1. The van der Waals surface area contributed by atoms with Crippen LogP contribution in [0, 0.1) is 16.5 Å². The minimum Gasteiger partial charge on any atom is -0.492 e. The summed E-state index contributed by atoms with van der Waals surface area (Å²) in [6, 6.07) is 5.82. The second-order valence-electron chi connectivity index (χ2n) is 9.34. The molecule has 2 aromatic heterocycles. The first-order valence-electron chi connectivity index (χ1n) is 12.2. The fourth-order valence-corrected chi connectivity index (χ4v) is 5.37. The van der Waals surface area contributed by atoms with Crippen molar-refractivity contribution in [1.29, 1.82) is 0 Å². The number of carbonyl (C=O) groups is 1. The molecule has 0 saturated heterocycles. The summed E-state index contributed by atoms with van der Waals surface area (Å²) >= 11 is 23.3. The molecular formula is C26H33N5O2S5. The highest BCUT2D eigenvalue weighted by Crippen LogP contribution is 2.43. The molecule has 4 aromatic rings. The average Bonchev–Trinajstić information content (AvgIpc) is 3.18. The van der Waals surface area contributed by atoms with Gasteiger partial charge in [0.2, 0.25) is 0 Å². The van der Waals surface area contributed by atoms with E-state index in [-0.39, 0.29) is 11.0 Å². The van der Waals surface area contributed by atoms with Gasteiger partial charge in [0.1, 0.15) is 22.5 Å². The molecule has 0 bridgehead atoms. The summed E-state index contributed by atoms with van der Waals surface area (Å²) < 4.78 is 8.60. The van der Waals surface area contributed by atoms with Gasteiger partial charge in [-0.3, -0.25) is 14.6 Å². The topological polar surface area (TPSA) is 84.8 Å². The van der Waals surface area contributed by atoms with Crippen LogP contribution in [0.25, 0.3) is 21.8 Å². The van der Waals surface area contributed by atoms with Crippen LogP contribution < -0.4 is 10.1 Å². The van der Waals surface area contributed by atoms with E-state index in [9.17, 15) is 4.79 Å². The molecule has 0 amide bonds. The van der Waals surface area contributed by atoms with Crippen LogP contribution in [-0.2, 0) is 11.8 Å². The molecule has 204 valence electrons. The molecule has 0 aliphatic carbocycles. The molecule has 2 aromatic carbocycles. The Hall–Kier alpha value is -1.86. The van der Waals surface area contributed by atoms with Crippen LogP contribution in [-0.4, -0.2) is 31.5 Å². The van der Waals surface area contributed by atoms with Crippen LogP contribution in [0.3, 0.4) is 0 Å².